The van der Waals surface area contributed by atoms with E-state index in [9.17, 15) is 9.59 Å². The Bertz CT molecular complexity index is 974. The topological polar surface area (TPSA) is 48.3 Å². The van der Waals surface area contributed by atoms with Gasteiger partial charge in [-0.2, -0.15) is 4.73 Å². The fourth-order valence-corrected chi connectivity index (χ4v) is 2.94. The molecule has 3 aromatic rings. The van der Waals surface area contributed by atoms with Crippen molar-refractivity contribution in [1.82, 2.24) is 4.73 Å². The van der Waals surface area contributed by atoms with E-state index in [1.54, 1.807) is 4.73 Å². The molecule has 0 amide bonds. The van der Waals surface area contributed by atoms with Crippen LogP contribution in [0.25, 0.3) is 21.8 Å². The second kappa shape index (κ2) is 5.48. The van der Waals surface area contributed by atoms with E-state index in [4.69, 9.17) is 4.84 Å². The highest BCUT2D eigenvalue weighted by Gasteiger charge is 2.26. The van der Waals surface area contributed by atoms with Crippen molar-refractivity contribution in [1.29, 1.82) is 0 Å². The first-order valence-corrected chi connectivity index (χ1v) is 7.97. The number of aryl methyl sites for hydroxylation is 2. The second-order valence-electron chi connectivity index (χ2n) is 7.19. The van der Waals surface area contributed by atoms with E-state index in [2.05, 4.69) is 0 Å². The molecule has 0 fully saturated rings. The van der Waals surface area contributed by atoms with E-state index in [0.717, 1.165) is 39.2 Å². The van der Waals surface area contributed by atoms with Gasteiger partial charge in [-0.15, -0.1) is 0 Å². The standard InChI is InChI=1S/C20H21NO3/c1-12-10-14(11-22)13(2)17-15-8-6-7-9-16(15)21(18(12)17)24-19(23)20(3,4)5/h6-11H,1-5H3. The molecule has 0 saturated heterocycles. The van der Waals surface area contributed by atoms with Crippen LogP contribution in [0.2, 0.25) is 0 Å². The predicted octanol–water partition coefficient (Wildman–Crippen LogP) is 4.23. The Hall–Kier alpha value is -2.62. The minimum absolute atomic E-state index is 0.304. The molecule has 0 aliphatic rings. The summed E-state index contributed by atoms with van der Waals surface area (Å²) < 4.78 is 1.61. The number of carbonyl (C=O) groups excluding carboxylic acids is 2. The lowest BCUT2D eigenvalue weighted by Crippen LogP contribution is -2.31. The van der Waals surface area contributed by atoms with Crippen molar-refractivity contribution in [3.05, 3.63) is 47.0 Å². The maximum atomic E-state index is 12.4. The molecule has 0 saturated carbocycles. The molecule has 2 aromatic carbocycles. The lowest BCUT2D eigenvalue weighted by molar-refractivity contribution is -0.152. The second-order valence-corrected chi connectivity index (χ2v) is 7.19. The molecule has 3 rings (SSSR count). The van der Waals surface area contributed by atoms with Crippen molar-refractivity contribution in [2.45, 2.75) is 34.6 Å². The van der Waals surface area contributed by atoms with Gasteiger partial charge in [0.1, 0.15) is 6.29 Å². The lowest BCUT2D eigenvalue weighted by Gasteiger charge is -2.18. The molecule has 0 spiro atoms. The van der Waals surface area contributed by atoms with Gasteiger partial charge in [0.2, 0.25) is 0 Å². The fraction of sp³-hybridized carbons (Fsp3) is 0.300. The molecule has 0 atom stereocenters. The molecular formula is C20H21NO3. The Morgan fingerprint density at radius 1 is 1.17 bits per heavy atom. The van der Waals surface area contributed by atoms with E-state index < -0.39 is 5.41 Å². The first-order chi connectivity index (χ1) is 11.3. The Morgan fingerprint density at radius 2 is 1.83 bits per heavy atom. The van der Waals surface area contributed by atoms with E-state index in [1.807, 2.05) is 65.0 Å². The van der Waals surface area contributed by atoms with Crippen molar-refractivity contribution in [3.8, 4) is 0 Å². The number of rotatable bonds is 2. The van der Waals surface area contributed by atoms with Gasteiger partial charge in [0.05, 0.1) is 16.4 Å². The largest absolute Gasteiger partial charge is 0.338 e. The van der Waals surface area contributed by atoms with Crippen LogP contribution >= 0.6 is 0 Å². The number of carbonyl (C=O) groups is 2. The first-order valence-electron chi connectivity index (χ1n) is 7.97. The number of aldehydes is 1. The molecule has 0 bridgehead atoms. The number of aromatic nitrogens is 1. The van der Waals surface area contributed by atoms with Crippen LogP contribution in [-0.4, -0.2) is 17.0 Å². The van der Waals surface area contributed by atoms with Gasteiger partial charge < -0.3 is 4.84 Å². The summed E-state index contributed by atoms with van der Waals surface area (Å²) in [6.45, 7) is 9.33. The summed E-state index contributed by atoms with van der Waals surface area (Å²) in [5.74, 6) is -0.304. The van der Waals surface area contributed by atoms with Crippen molar-refractivity contribution >= 4 is 34.1 Å². The summed E-state index contributed by atoms with van der Waals surface area (Å²) >= 11 is 0. The van der Waals surface area contributed by atoms with Crippen molar-refractivity contribution in [3.63, 3.8) is 0 Å². The third kappa shape index (κ3) is 2.39. The van der Waals surface area contributed by atoms with Crippen LogP contribution in [0.4, 0.5) is 0 Å². The summed E-state index contributed by atoms with van der Waals surface area (Å²) in [5.41, 5.74) is 3.49. The number of fused-ring (bicyclic) bond motifs is 3. The maximum Gasteiger partial charge on any atom is 0.338 e. The Kier molecular flexibility index (Phi) is 3.71. The van der Waals surface area contributed by atoms with Gasteiger partial charge >= 0.3 is 5.97 Å². The van der Waals surface area contributed by atoms with Crippen molar-refractivity contribution < 1.29 is 14.4 Å². The number of hydrogen-bond donors (Lipinski definition) is 0. The van der Waals surface area contributed by atoms with Gasteiger partial charge in [0.15, 0.2) is 0 Å². The zero-order valence-corrected chi connectivity index (χ0v) is 14.6. The molecule has 1 heterocycles. The first kappa shape index (κ1) is 16.2. The molecule has 0 aliphatic heterocycles. The number of para-hydroxylation sites is 1. The van der Waals surface area contributed by atoms with Gasteiger partial charge in [0, 0.05) is 16.3 Å². The van der Waals surface area contributed by atoms with Crippen LogP contribution in [0.5, 0.6) is 0 Å². The van der Waals surface area contributed by atoms with Crippen LogP contribution in [0, 0.1) is 19.3 Å². The lowest BCUT2D eigenvalue weighted by atomic mass is 9.98. The van der Waals surface area contributed by atoms with Gasteiger partial charge in [-0.3, -0.25) is 4.79 Å². The van der Waals surface area contributed by atoms with E-state index in [0.29, 0.717) is 5.56 Å². The van der Waals surface area contributed by atoms with Crippen LogP contribution < -0.4 is 4.84 Å². The highest BCUT2D eigenvalue weighted by molar-refractivity contribution is 6.12. The average Bonchev–Trinajstić information content (AvgIpc) is 2.85. The molecule has 0 aliphatic carbocycles. The number of nitrogens with zero attached hydrogens (tertiary/aromatic N) is 1. The highest BCUT2D eigenvalue weighted by atomic mass is 16.7. The van der Waals surface area contributed by atoms with Crippen molar-refractivity contribution in [2.75, 3.05) is 0 Å². The van der Waals surface area contributed by atoms with Crippen LogP contribution in [-0.2, 0) is 4.79 Å². The van der Waals surface area contributed by atoms with Gasteiger partial charge in [-0.1, -0.05) is 18.2 Å². The molecule has 0 radical (unpaired) electrons. The van der Waals surface area contributed by atoms with E-state index in [1.165, 1.54) is 0 Å². The molecule has 1 aromatic heterocycles. The molecule has 0 N–H and O–H groups in total. The van der Waals surface area contributed by atoms with Crippen LogP contribution in [0.15, 0.2) is 30.3 Å². The van der Waals surface area contributed by atoms with Gasteiger partial charge in [-0.05, 0) is 57.9 Å². The fourth-order valence-electron chi connectivity index (χ4n) is 2.94. The normalized spacial score (nSPS) is 11.9. The molecule has 124 valence electrons. The zero-order chi connectivity index (χ0) is 17.6. The number of hydrogen-bond acceptors (Lipinski definition) is 3. The monoisotopic (exact) mass is 323 g/mol. The minimum atomic E-state index is -0.608. The van der Waals surface area contributed by atoms with E-state index >= 15 is 0 Å². The zero-order valence-electron chi connectivity index (χ0n) is 14.6. The Morgan fingerprint density at radius 3 is 2.46 bits per heavy atom. The predicted molar refractivity (Wildman–Crippen MR) is 95.3 cm³/mol. The average molecular weight is 323 g/mol. The third-order valence-electron chi connectivity index (χ3n) is 4.30. The maximum absolute atomic E-state index is 12.4. The van der Waals surface area contributed by atoms with Gasteiger partial charge in [0.25, 0.3) is 0 Å². The van der Waals surface area contributed by atoms with Gasteiger partial charge in [-0.25, -0.2) is 4.79 Å². The van der Waals surface area contributed by atoms with Crippen molar-refractivity contribution in [2.24, 2.45) is 5.41 Å². The highest BCUT2D eigenvalue weighted by Crippen LogP contribution is 2.34. The third-order valence-corrected chi connectivity index (χ3v) is 4.30. The Labute approximate surface area is 141 Å². The summed E-state index contributed by atoms with van der Waals surface area (Å²) in [6.07, 6.45) is 0.870. The Balaban J connectivity index is 2.41. The quantitative estimate of drug-likeness (QED) is 0.663. The SMILES string of the molecule is Cc1c(C=O)cc(C)c2c1c1ccccc1n2OC(=O)C(C)(C)C. The molecule has 4 nitrogen and oxygen atoms in total. The summed E-state index contributed by atoms with van der Waals surface area (Å²) in [7, 11) is 0. The van der Waals surface area contributed by atoms with E-state index in [-0.39, 0.29) is 5.97 Å². The summed E-state index contributed by atoms with van der Waals surface area (Å²) in [6, 6.07) is 9.60. The summed E-state index contributed by atoms with van der Waals surface area (Å²) in [5, 5.41) is 1.92. The summed E-state index contributed by atoms with van der Waals surface area (Å²) in [4.78, 5) is 29.6. The molecule has 24 heavy (non-hydrogen) atoms. The van der Waals surface area contributed by atoms with Crippen LogP contribution in [0.1, 0.15) is 42.3 Å². The molecule has 0 unspecified atom stereocenters. The molecular weight excluding hydrogens is 302 g/mol. The minimum Gasteiger partial charge on any atom is -0.335 e. The number of benzene rings is 2. The molecule has 4 heteroatoms. The smallest absolute Gasteiger partial charge is 0.335 e. The van der Waals surface area contributed by atoms with Crippen LogP contribution in [0.3, 0.4) is 0 Å².